The standard InChI is InChI=1S/C26H42N2O5S/c1-18(2)15-21(19-9-11-20(32-6)12-10-19)24(30)27-13-8-14-34-17-22(25(31)33-7)28-23(29)16-26(3,4)5/h9-12,18,21-22H,8,13-17H2,1-7H3,(H,27,30)(H,28,29). The molecule has 34 heavy (non-hydrogen) atoms. The predicted octanol–water partition coefficient (Wildman–Crippen LogP) is 4.16. The second-order valence-corrected chi connectivity index (χ2v) is 11.2. The van der Waals surface area contributed by atoms with Crippen LogP contribution in [-0.4, -0.2) is 56.1 Å². The summed E-state index contributed by atoms with van der Waals surface area (Å²) in [7, 11) is 2.94. The van der Waals surface area contributed by atoms with Crippen molar-refractivity contribution in [1.29, 1.82) is 0 Å². The van der Waals surface area contributed by atoms with E-state index < -0.39 is 12.0 Å². The number of carbonyl (C=O) groups is 3. The SMILES string of the molecule is COC(=O)C(CSCCCNC(=O)C(CC(C)C)c1ccc(OC)cc1)NC(=O)CC(C)(C)C. The lowest BCUT2D eigenvalue weighted by Crippen LogP contribution is -2.44. The first kappa shape index (κ1) is 29.8. The Bertz CT molecular complexity index is 774. The van der Waals surface area contributed by atoms with Gasteiger partial charge in [-0.2, -0.15) is 11.8 Å². The van der Waals surface area contributed by atoms with E-state index in [1.54, 1.807) is 18.9 Å². The Hall–Kier alpha value is -2.22. The van der Waals surface area contributed by atoms with E-state index in [-0.39, 0.29) is 23.1 Å². The van der Waals surface area contributed by atoms with Crippen LogP contribution in [0.5, 0.6) is 5.75 Å². The molecule has 2 atom stereocenters. The van der Waals surface area contributed by atoms with Crippen molar-refractivity contribution in [2.45, 2.75) is 65.8 Å². The fourth-order valence-electron chi connectivity index (χ4n) is 3.45. The lowest BCUT2D eigenvalue weighted by Gasteiger charge is -2.21. The highest BCUT2D eigenvalue weighted by molar-refractivity contribution is 7.99. The minimum atomic E-state index is -0.676. The number of benzene rings is 1. The lowest BCUT2D eigenvalue weighted by molar-refractivity contribution is -0.144. The monoisotopic (exact) mass is 494 g/mol. The number of nitrogens with one attached hydrogen (secondary N) is 2. The number of carbonyl (C=O) groups excluding carboxylic acids is 3. The fourth-order valence-corrected chi connectivity index (χ4v) is 4.42. The predicted molar refractivity (Wildman–Crippen MR) is 138 cm³/mol. The van der Waals surface area contributed by atoms with E-state index in [1.807, 2.05) is 45.0 Å². The van der Waals surface area contributed by atoms with Crippen LogP contribution < -0.4 is 15.4 Å². The van der Waals surface area contributed by atoms with E-state index >= 15 is 0 Å². The maximum absolute atomic E-state index is 12.9. The highest BCUT2D eigenvalue weighted by Crippen LogP contribution is 2.26. The molecule has 0 aliphatic heterocycles. The molecule has 1 rings (SSSR count). The zero-order chi connectivity index (χ0) is 25.7. The van der Waals surface area contributed by atoms with Gasteiger partial charge in [-0.05, 0) is 47.6 Å². The van der Waals surface area contributed by atoms with Crippen LogP contribution in [0.2, 0.25) is 0 Å². The highest BCUT2D eigenvalue weighted by Gasteiger charge is 2.24. The molecule has 0 fully saturated rings. The molecule has 2 unspecified atom stereocenters. The van der Waals surface area contributed by atoms with Gasteiger partial charge in [0.2, 0.25) is 11.8 Å². The average molecular weight is 495 g/mol. The molecule has 2 N–H and O–H groups in total. The molecule has 0 aliphatic rings. The zero-order valence-electron chi connectivity index (χ0n) is 21.7. The van der Waals surface area contributed by atoms with Crippen molar-refractivity contribution in [3.8, 4) is 5.75 Å². The van der Waals surface area contributed by atoms with Crippen molar-refractivity contribution in [3.63, 3.8) is 0 Å². The van der Waals surface area contributed by atoms with E-state index in [1.165, 1.54) is 7.11 Å². The number of hydrogen-bond donors (Lipinski definition) is 2. The summed E-state index contributed by atoms with van der Waals surface area (Å²) in [6, 6.07) is 6.98. The van der Waals surface area contributed by atoms with Crippen LogP contribution in [0, 0.1) is 11.3 Å². The summed E-state index contributed by atoms with van der Waals surface area (Å²) in [5, 5.41) is 5.83. The third-order valence-corrected chi connectivity index (χ3v) is 6.25. The van der Waals surface area contributed by atoms with Crippen molar-refractivity contribution in [2.24, 2.45) is 11.3 Å². The highest BCUT2D eigenvalue weighted by atomic mass is 32.2. The molecule has 2 amide bonds. The van der Waals surface area contributed by atoms with Gasteiger partial charge in [0.05, 0.1) is 20.1 Å². The molecule has 1 aromatic carbocycles. The Kier molecular flexibility index (Phi) is 13.1. The van der Waals surface area contributed by atoms with Crippen LogP contribution in [-0.2, 0) is 19.1 Å². The smallest absolute Gasteiger partial charge is 0.329 e. The summed E-state index contributed by atoms with van der Waals surface area (Å²) in [6.45, 7) is 10.7. The van der Waals surface area contributed by atoms with Gasteiger partial charge >= 0.3 is 5.97 Å². The molecule has 0 aromatic heterocycles. The van der Waals surface area contributed by atoms with Crippen LogP contribution in [0.15, 0.2) is 24.3 Å². The first-order valence-corrected chi connectivity index (χ1v) is 13.0. The quantitative estimate of drug-likeness (QED) is 0.298. The van der Waals surface area contributed by atoms with Gasteiger partial charge in [-0.25, -0.2) is 4.79 Å². The summed E-state index contributed by atoms with van der Waals surface area (Å²) >= 11 is 1.56. The van der Waals surface area contributed by atoms with Crippen LogP contribution in [0.1, 0.15) is 65.4 Å². The second-order valence-electron chi connectivity index (χ2n) is 10.1. The Morgan fingerprint density at radius 3 is 2.24 bits per heavy atom. The molecule has 8 heteroatoms. The zero-order valence-corrected chi connectivity index (χ0v) is 22.6. The van der Waals surface area contributed by atoms with Crippen LogP contribution in [0.3, 0.4) is 0 Å². The molecular formula is C26H42N2O5S. The van der Waals surface area contributed by atoms with Gasteiger partial charge in [0.25, 0.3) is 0 Å². The molecule has 0 aliphatic carbocycles. The third kappa shape index (κ3) is 11.8. The van der Waals surface area contributed by atoms with Crippen LogP contribution in [0.25, 0.3) is 0 Å². The number of rotatable bonds is 14. The first-order valence-electron chi connectivity index (χ1n) is 11.8. The molecule has 0 saturated heterocycles. The van der Waals surface area contributed by atoms with E-state index in [0.29, 0.717) is 24.6 Å². The van der Waals surface area contributed by atoms with Crippen LogP contribution >= 0.6 is 11.8 Å². The number of esters is 1. The number of amides is 2. The molecule has 0 saturated carbocycles. The minimum Gasteiger partial charge on any atom is -0.497 e. The van der Waals surface area contributed by atoms with Gasteiger partial charge < -0.3 is 20.1 Å². The molecule has 7 nitrogen and oxygen atoms in total. The summed E-state index contributed by atoms with van der Waals surface area (Å²) in [5.74, 6) is 1.54. The molecule has 0 spiro atoms. The number of thioether (sulfide) groups is 1. The topological polar surface area (TPSA) is 93.7 Å². The van der Waals surface area contributed by atoms with Gasteiger partial charge in [0, 0.05) is 18.7 Å². The Labute approximate surface area is 209 Å². The Morgan fingerprint density at radius 1 is 1.06 bits per heavy atom. The van der Waals surface area contributed by atoms with Crippen molar-refractivity contribution in [2.75, 3.05) is 32.3 Å². The van der Waals surface area contributed by atoms with Crippen LogP contribution in [0.4, 0.5) is 0 Å². The maximum atomic E-state index is 12.9. The molecular weight excluding hydrogens is 452 g/mol. The van der Waals surface area contributed by atoms with E-state index in [2.05, 4.69) is 24.5 Å². The van der Waals surface area contributed by atoms with E-state index in [4.69, 9.17) is 9.47 Å². The normalized spacial score (nSPS) is 13.2. The Balaban J connectivity index is 2.50. The summed E-state index contributed by atoms with van der Waals surface area (Å²) in [4.78, 5) is 37.1. The average Bonchev–Trinajstić information content (AvgIpc) is 2.76. The minimum absolute atomic E-state index is 0.0192. The van der Waals surface area contributed by atoms with Gasteiger partial charge in [0.15, 0.2) is 0 Å². The van der Waals surface area contributed by atoms with Crippen molar-refractivity contribution in [3.05, 3.63) is 29.8 Å². The number of ether oxygens (including phenoxy) is 2. The second kappa shape index (κ2) is 14.9. The third-order valence-electron chi connectivity index (χ3n) is 5.10. The molecule has 0 heterocycles. The Morgan fingerprint density at radius 2 is 1.71 bits per heavy atom. The lowest BCUT2D eigenvalue weighted by atomic mass is 9.89. The molecule has 1 aromatic rings. The van der Waals surface area contributed by atoms with Crippen molar-refractivity contribution in [1.82, 2.24) is 10.6 Å². The van der Waals surface area contributed by atoms with E-state index in [0.717, 1.165) is 29.9 Å². The van der Waals surface area contributed by atoms with Gasteiger partial charge in [0.1, 0.15) is 11.8 Å². The van der Waals surface area contributed by atoms with Crippen molar-refractivity contribution >= 4 is 29.5 Å². The fraction of sp³-hybridized carbons (Fsp3) is 0.654. The van der Waals surface area contributed by atoms with Gasteiger partial charge in [-0.3, -0.25) is 9.59 Å². The summed E-state index contributed by atoms with van der Waals surface area (Å²) in [5.41, 5.74) is 0.823. The molecule has 192 valence electrons. The maximum Gasteiger partial charge on any atom is 0.329 e. The molecule has 0 radical (unpaired) electrons. The first-order chi connectivity index (χ1) is 16.0. The van der Waals surface area contributed by atoms with Gasteiger partial charge in [-0.15, -0.1) is 0 Å². The number of hydrogen-bond acceptors (Lipinski definition) is 6. The van der Waals surface area contributed by atoms with E-state index in [9.17, 15) is 14.4 Å². The number of methoxy groups -OCH3 is 2. The molecule has 0 bridgehead atoms. The summed E-state index contributed by atoms with van der Waals surface area (Å²) in [6.07, 6.45) is 1.86. The van der Waals surface area contributed by atoms with Gasteiger partial charge in [-0.1, -0.05) is 46.8 Å². The largest absolute Gasteiger partial charge is 0.497 e. The summed E-state index contributed by atoms with van der Waals surface area (Å²) < 4.78 is 10.1. The van der Waals surface area contributed by atoms with Crippen molar-refractivity contribution < 1.29 is 23.9 Å².